The number of hydrogen-bond donors (Lipinski definition) is 0. The zero-order valence-electron chi connectivity index (χ0n) is 12.4. The first-order valence-corrected chi connectivity index (χ1v) is 7.28. The molecule has 0 unspecified atom stereocenters. The molecule has 4 nitrogen and oxygen atoms in total. The number of hydrogen-bond acceptors (Lipinski definition) is 3. The smallest absolute Gasteiger partial charge is 0.184 e. The Labute approximate surface area is 119 Å². The number of rotatable bonds is 6. The average molecular weight is 271 g/mol. The molecule has 2 aromatic rings. The van der Waals surface area contributed by atoms with Crippen LogP contribution in [0.25, 0.3) is 5.69 Å². The zero-order chi connectivity index (χ0) is 14.5. The summed E-state index contributed by atoms with van der Waals surface area (Å²) in [6.45, 7) is 6.04. The molecule has 0 fully saturated rings. The van der Waals surface area contributed by atoms with Crippen molar-refractivity contribution in [3.8, 4) is 5.69 Å². The van der Waals surface area contributed by atoms with Gasteiger partial charge in [-0.2, -0.15) is 0 Å². The molecule has 0 radical (unpaired) electrons. The Morgan fingerprint density at radius 3 is 2.60 bits per heavy atom. The van der Waals surface area contributed by atoms with Crippen molar-refractivity contribution in [3.05, 3.63) is 41.2 Å². The maximum Gasteiger partial charge on any atom is 0.184 e. The van der Waals surface area contributed by atoms with Crippen molar-refractivity contribution in [2.45, 2.75) is 46.5 Å². The van der Waals surface area contributed by atoms with Crippen molar-refractivity contribution in [1.82, 2.24) is 15.0 Å². The molecule has 4 heteroatoms. The van der Waals surface area contributed by atoms with E-state index in [2.05, 4.69) is 23.3 Å². The van der Waals surface area contributed by atoms with E-state index in [0.29, 0.717) is 12.1 Å². The highest BCUT2D eigenvalue weighted by Crippen LogP contribution is 2.20. The van der Waals surface area contributed by atoms with Crippen LogP contribution in [0.3, 0.4) is 0 Å². The Bertz CT molecular complexity index is 602. The van der Waals surface area contributed by atoms with Crippen LogP contribution in [0.2, 0.25) is 0 Å². The Morgan fingerprint density at radius 2 is 1.95 bits per heavy atom. The highest BCUT2D eigenvalue weighted by molar-refractivity contribution is 5.95. The number of Topliss-reactive ketones (excluding diaryl/α,β-unsaturated/α-hetero) is 1. The fourth-order valence-electron chi connectivity index (χ4n) is 2.39. The highest BCUT2D eigenvalue weighted by Gasteiger charge is 2.18. The molecular formula is C16H21N3O. The Kier molecular flexibility index (Phi) is 4.66. The number of carbonyl (C=O) groups is 1. The van der Waals surface area contributed by atoms with Crippen LogP contribution in [0.1, 0.15) is 55.4 Å². The standard InChI is InChI=1S/C16H21N3O/c1-4-9-12-10-7-8-11-14(12)19-13(5-2)16(17-18-19)15(20)6-3/h7-8,10-11H,4-6,9H2,1-3H3. The zero-order valence-corrected chi connectivity index (χ0v) is 12.4. The summed E-state index contributed by atoms with van der Waals surface area (Å²) in [5, 5.41) is 8.31. The average Bonchev–Trinajstić information content (AvgIpc) is 2.91. The van der Waals surface area contributed by atoms with Gasteiger partial charge in [-0.15, -0.1) is 5.10 Å². The summed E-state index contributed by atoms with van der Waals surface area (Å²) in [7, 11) is 0. The summed E-state index contributed by atoms with van der Waals surface area (Å²) in [6.07, 6.45) is 3.28. The fourth-order valence-corrected chi connectivity index (χ4v) is 2.39. The molecule has 0 N–H and O–H groups in total. The lowest BCUT2D eigenvalue weighted by molar-refractivity contribution is 0.0982. The first kappa shape index (κ1) is 14.4. The van der Waals surface area contributed by atoms with E-state index in [4.69, 9.17) is 0 Å². The lowest BCUT2D eigenvalue weighted by atomic mass is 10.1. The molecule has 0 saturated carbocycles. The third-order valence-electron chi connectivity index (χ3n) is 3.42. The minimum Gasteiger partial charge on any atom is -0.292 e. The van der Waals surface area contributed by atoms with E-state index in [1.807, 2.05) is 36.7 Å². The third-order valence-corrected chi connectivity index (χ3v) is 3.42. The molecule has 0 atom stereocenters. The number of carbonyl (C=O) groups excluding carboxylic acids is 1. The van der Waals surface area contributed by atoms with Crippen LogP contribution in [0.15, 0.2) is 24.3 Å². The summed E-state index contributed by atoms with van der Waals surface area (Å²) in [5.41, 5.74) is 3.70. The number of ketones is 1. The molecule has 1 aromatic carbocycles. The summed E-state index contributed by atoms with van der Waals surface area (Å²) in [5.74, 6) is 0.0565. The summed E-state index contributed by atoms with van der Waals surface area (Å²) in [4.78, 5) is 11.9. The predicted octanol–water partition coefficient (Wildman–Crippen LogP) is 3.37. The van der Waals surface area contributed by atoms with E-state index < -0.39 is 0 Å². The van der Waals surface area contributed by atoms with E-state index in [0.717, 1.165) is 30.6 Å². The first-order chi connectivity index (χ1) is 9.72. The summed E-state index contributed by atoms with van der Waals surface area (Å²) in [6, 6.07) is 8.19. The highest BCUT2D eigenvalue weighted by atomic mass is 16.1. The first-order valence-electron chi connectivity index (χ1n) is 7.28. The van der Waals surface area contributed by atoms with Gasteiger partial charge in [-0.25, -0.2) is 4.68 Å². The van der Waals surface area contributed by atoms with Gasteiger partial charge in [0.2, 0.25) is 0 Å². The van der Waals surface area contributed by atoms with Crippen molar-refractivity contribution < 1.29 is 4.79 Å². The Morgan fingerprint density at radius 1 is 1.20 bits per heavy atom. The van der Waals surface area contributed by atoms with Gasteiger partial charge >= 0.3 is 0 Å². The van der Waals surface area contributed by atoms with Crippen molar-refractivity contribution in [1.29, 1.82) is 0 Å². The van der Waals surface area contributed by atoms with Crippen LogP contribution in [-0.2, 0) is 12.8 Å². The minimum absolute atomic E-state index is 0.0565. The van der Waals surface area contributed by atoms with Crippen molar-refractivity contribution in [2.75, 3.05) is 0 Å². The maximum atomic E-state index is 11.9. The van der Waals surface area contributed by atoms with Gasteiger partial charge in [0.15, 0.2) is 11.5 Å². The second-order valence-corrected chi connectivity index (χ2v) is 4.81. The molecule has 20 heavy (non-hydrogen) atoms. The molecule has 0 aliphatic heterocycles. The number of para-hydroxylation sites is 1. The number of aryl methyl sites for hydroxylation is 1. The van der Waals surface area contributed by atoms with Crippen molar-refractivity contribution in [2.24, 2.45) is 0 Å². The quantitative estimate of drug-likeness (QED) is 0.757. The van der Waals surface area contributed by atoms with E-state index in [1.54, 1.807) is 0 Å². The molecule has 0 bridgehead atoms. The molecule has 0 aliphatic carbocycles. The lowest BCUT2D eigenvalue weighted by Gasteiger charge is -2.10. The second kappa shape index (κ2) is 6.46. The Hall–Kier alpha value is -1.97. The molecular weight excluding hydrogens is 250 g/mol. The third kappa shape index (κ3) is 2.64. The topological polar surface area (TPSA) is 47.8 Å². The summed E-state index contributed by atoms with van der Waals surface area (Å²) < 4.78 is 1.83. The number of nitrogens with zero attached hydrogens (tertiary/aromatic N) is 3. The SMILES string of the molecule is CCCc1ccccc1-n1nnc(C(=O)CC)c1CC. The van der Waals surface area contributed by atoms with Gasteiger partial charge in [-0.05, 0) is 24.5 Å². The van der Waals surface area contributed by atoms with Crippen LogP contribution < -0.4 is 0 Å². The number of aromatic nitrogens is 3. The van der Waals surface area contributed by atoms with Crippen molar-refractivity contribution in [3.63, 3.8) is 0 Å². The van der Waals surface area contributed by atoms with Gasteiger partial charge < -0.3 is 0 Å². The van der Waals surface area contributed by atoms with Crippen LogP contribution >= 0.6 is 0 Å². The van der Waals surface area contributed by atoms with Gasteiger partial charge in [0.25, 0.3) is 0 Å². The molecule has 1 aromatic heterocycles. The van der Waals surface area contributed by atoms with Gasteiger partial charge in [-0.1, -0.05) is 50.6 Å². The van der Waals surface area contributed by atoms with E-state index in [9.17, 15) is 4.79 Å². The van der Waals surface area contributed by atoms with E-state index in [1.165, 1.54) is 5.56 Å². The maximum absolute atomic E-state index is 11.9. The second-order valence-electron chi connectivity index (χ2n) is 4.81. The monoisotopic (exact) mass is 271 g/mol. The van der Waals surface area contributed by atoms with Gasteiger partial charge in [0.1, 0.15) is 0 Å². The van der Waals surface area contributed by atoms with Crippen LogP contribution in [0, 0.1) is 0 Å². The normalized spacial score (nSPS) is 10.8. The molecule has 0 aliphatic rings. The van der Waals surface area contributed by atoms with Crippen molar-refractivity contribution >= 4 is 5.78 Å². The summed E-state index contributed by atoms with van der Waals surface area (Å²) >= 11 is 0. The molecule has 0 spiro atoms. The molecule has 1 heterocycles. The van der Waals surface area contributed by atoms with E-state index in [-0.39, 0.29) is 5.78 Å². The Balaban J connectivity index is 2.53. The van der Waals surface area contributed by atoms with Crippen LogP contribution in [0.4, 0.5) is 0 Å². The largest absolute Gasteiger partial charge is 0.292 e. The van der Waals surface area contributed by atoms with E-state index >= 15 is 0 Å². The van der Waals surface area contributed by atoms with Gasteiger partial charge in [0.05, 0.1) is 11.4 Å². The molecule has 106 valence electrons. The molecule has 0 amide bonds. The number of benzene rings is 1. The van der Waals surface area contributed by atoms with Crippen LogP contribution in [0.5, 0.6) is 0 Å². The van der Waals surface area contributed by atoms with Crippen LogP contribution in [-0.4, -0.2) is 20.8 Å². The minimum atomic E-state index is 0.0565. The van der Waals surface area contributed by atoms with Gasteiger partial charge in [0, 0.05) is 6.42 Å². The molecule has 2 rings (SSSR count). The molecule has 0 saturated heterocycles. The lowest BCUT2D eigenvalue weighted by Crippen LogP contribution is -2.07. The van der Waals surface area contributed by atoms with Gasteiger partial charge in [-0.3, -0.25) is 4.79 Å². The predicted molar refractivity (Wildman–Crippen MR) is 79.4 cm³/mol. The fraction of sp³-hybridized carbons (Fsp3) is 0.438.